The van der Waals surface area contributed by atoms with Gasteiger partial charge in [0.2, 0.25) is 0 Å². The topological polar surface area (TPSA) is 59.1 Å². The zero-order chi connectivity index (χ0) is 21.1. The number of hydrogen-bond acceptors (Lipinski definition) is 5. The summed E-state index contributed by atoms with van der Waals surface area (Å²) in [4.78, 5) is 31.3. The fourth-order valence-corrected chi connectivity index (χ4v) is 6.09. The largest absolute Gasteiger partial charge is 0.352 e. The van der Waals surface area contributed by atoms with E-state index >= 15 is 0 Å². The molecule has 158 valence electrons. The van der Waals surface area contributed by atoms with Crippen molar-refractivity contribution >= 4 is 52.2 Å². The van der Waals surface area contributed by atoms with Crippen LogP contribution in [0.4, 0.5) is 0 Å². The quantitative estimate of drug-likeness (QED) is 0.332. The number of fused-ring (bicyclic) bond motifs is 1. The van der Waals surface area contributed by atoms with Gasteiger partial charge >= 0.3 is 0 Å². The Morgan fingerprint density at radius 2 is 2.17 bits per heavy atom. The first kappa shape index (κ1) is 21.6. The third-order valence-electron chi connectivity index (χ3n) is 5.89. The van der Waals surface area contributed by atoms with Gasteiger partial charge in [0.05, 0.1) is 5.56 Å². The second-order valence-corrected chi connectivity index (χ2v) is 10.5. The Morgan fingerprint density at radius 3 is 2.90 bits per heavy atom. The number of pyridine rings is 1. The van der Waals surface area contributed by atoms with E-state index in [-0.39, 0.29) is 5.91 Å². The molecule has 7 heteroatoms. The number of amides is 1. The number of rotatable bonds is 9. The maximum atomic E-state index is 12.9. The van der Waals surface area contributed by atoms with Crippen molar-refractivity contribution in [3.63, 3.8) is 0 Å². The van der Waals surface area contributed by atoms with Crippen LogP contribution in [0.2, 0.25) is 5.15 Å². The first-order valence-electron chi connectivity index (χ1n) is 10.5. The van der Waals surface area contributed by atoms with Crippen molar-refractivity contribution in [2.24, 2.45) is 11.8 Å². The molecule has 0 radical (unpaired) electrons. The molecule has 4 nitrogen and oxygen atoms in total. The van der Waals surface area contributed by atoms with Crippen LogP contribution in [-0.4, -0.2) is 28.6 Å². The van der Waals surface area contributed by atoms with Crippen molar-refractivity contribution in [3.05, 3.63) is 49.9 Å². The molecule has 0 aliphatic heterocycles. The summed E-state index contributed by atoms with van der Waals surface area (Å²) in [5.74, 6) is 1.05. The standard InChI is InChI=1S/C23H25ClN2O2S2/c24-21-12-16(5-7-25-21)10-17(29)9-15-3-4-19-18(11-15)22(20(30-19)6-8-27)23(28)26-13-14-1-2-14/h5,7-8,12,14-15H,1-4,6,9-11,13H2,(H,26,28)/t15-/m1/s1. The highest BCUT2D eigenvalue weighted by molar-refractivity contribution is 7.80. The van der Waals surface area contributed by atoms with Crippen LogP contribution < -0.4 is 5.32 Å². The van der Waals surface area contributed by atoms with E-state index < -0.39 is 0 Å². The van der Waals surface area contributed by atoms with Crippen molar-refractivity contribution in [1.29, 1.82) is 0 Å². The third kappa shape index (κ3) is 5.34. The van der Waals surface area contributed by atoms with Crippen LogP contribution in [0.1, 0.15) is 56.9 Å². The molecule has 2 aromatic rings. The van der Waals surface area contributed by atoms with Gasteiger partial charge in [-0.25, -0.2) is 4.98 Å². The van der Waals surface area contributed by atoms with Gasteiger partial charge in [0.25, 0.3) is 5.91 Å². The van der Waals surface area contributed by atoms with Crippen LogP contribution >= 0.6 is 35.2 Å². The predicted molar refractivity (Wildman–Crippen MR) is 125 cm³/mol. The minimum atomic E-state index is -0.00842. The zero-order valence-electron chi connectivity index (χ0n) is 16.8. The molecule has 0 saturated heterocycles. The summed E-state index contributed by atoms with van der Waals surface area (Å²) >= 11 is 13.3. The highest BCUT2D eigenvalue weighted by atomic mass is 35.5. The summed E-state index contributed by atoms with van der Waals surface area (Å²) in [5, 5.41) is 3.58. The second-order valence-electron chi connectivity index (χ2n) is 8.34. The van der Waals surface area contributed by atoms with E-state index in [1.807, 2.05) is 12.1 Å². The van der Waals surface area contributed by atoms with Gasteiger partial charge in [-0.1, -0.05) is 23.8 Å². The molecule has 1 fully saturated rings. The Labute approximate surface area is 191 Å². The number of nitrogens with zero attached hydrogens (tertiary/aromatic N) is 1. The molecule has 2 aliphatic rings. The number of thiophene rings is 1. The van der Waals surface area contributed by atoms with Gasteiger partial charge in [0, 0.05) is 35.3 Å². The van der Waals surface area contributed by atoms with E-state index in [2.05, 4.69) is 10.3 Å². The van der Waals surface area contributed by atoms with Gasteiger partial charge in [0.1, 0.15) is 11.4 Å². The molecule has 30 heavy (non-hydrogen) atoms. The summed E-state index contributed by atoms with van der Waals surface area (Å²) in [7, 11) is 0. The smallest absolute Gasteiger partial charge is 0.252 e. The number of thiocarbonyl (C=S) groups is 1. The first-order valence-corrected chi connectivity index (χ1v) is 12.1. The molecular formula is C23H25ClN2O2S2. The lowest BCUT2D eigenvalue weighted by Crippen LogP contribution is -2.28. The number of halogens is 1. The van der Waals surface area contributed by atoms with Crippen molar-refractivity contribution in [2.75, 3.05) is 6.54 Å². The van der Waals surface area contributed by atoms with E-state index in [0.29, 0.717) is 23.4 Å². The summed E-state index contributed by atoms with van der Waals surface area (Å²) in [6.07, 6.45) is 9.78. The highest BCUT2D eigenvalue weighted by Crippen LogP contribution is 2.38. The van der Waals surface area contributed by atoms with Crippen LogP contribution in [0, 0.1) is 11.8 Å². The van der Waals surface area contributed by atoms with E-state index in [4.69, 9.17) is 23.8 Å². The van der Waals surface area contributed by atoms with Gasteiger partial charge in [-0.2, -0.15) is 0 Å². The Bertz CT molecular complexity index is 968. The number of aryl methyl sites for hydroxylation is 1. The van der Waals surface area contributed by atoms with Gasteiger partial charge in [-0.05, 0) is 78.5 Å². The van der Waals surface area contributed by atoms with Crippen LogP contribution in [-0.2, 0) is 30.5 Å². The van der Waals surface area contributed by atoms with E-state index in [1.165, 1.54) is 17.7 Å². The van der Waals surface area contributed by atoms with Gasteiger partial charge in [0.15, 0.2) is 0 Å². The molecule has 0 bridgehead atoms. The normalized spacial score (nSPS) is 18.0. The minimum Gasteiger partial charge on any atom is -0.352 e. The summed E-state index contributed by atoms with van der Waals surface area (Å²) < 4.78 is 0. The Hall–Kier alpha value is -1.63. The molecule has 4 rings (SSSR count). The summed E-state index contributed by atoms with van der Waals surface area (Å²) in [6.45, 7) is 0.742. The SMILES string of the molecule is O=CCc1sc2c(c1C(=O)NCC1CC1)C[C@@H](CC(=S)Cc1ccnc(Cl)c1)CC2. The number of aldehydes is 1. The monoisotopic (exact) mass is 460 g/mol. The van der Waals surface area contributed by atoms with Crippen LogP contribution in [0.25, 0.3) is 0 Å². The fraction of sp³-hybridized carbons (Fsp3) is 0.478. The molecule has 1 atom stereocenters. The molecule has 1 amide bonds. The zero-order valence-corrected chi connectivity index (χ0v) is 19.2. The number of carbonyl (C=O) groups excluding carboxylic acids is 2. The Balaban J connectivity index is 1.45. The second kappa shape index (κ2) is 9.67. The van der Waals surface area contributed by atoms with Crippen LogP contribution in [0.15, 0.2) is 18.3 Å². The highest BCUT2D eigenvalue weighted by Gasteiger charge is 2.30. The number of hydrogen-bond donors (Lipinski definition) is 1. The average Bonchev–Trinajstić information content (AvgIpc) is 3.46. The van der Waals surface area contributed by atoms with Crippen LogP contribution in [0.5, 0.6) is 0 Å². The van der Waals surface area contributed by atoms with Gasteiger partial charge < -0.3 is 10.1 Å². The van der Waals surface area contributed by atoms with Gasteiger partial charge in [-0.3, -0.25) is 4.79 Å². The Morgan fingerprint density at radius 1 is 1.33 bits per heavy atom. The molecule has 0 spiro atoms. The number of aromatic nitrogens is 1. The molecule has 2 heterocycles. The number of nitrogens with one attached hydrogen (secondary N) is 1. The summed E-state index contributed by atoms with van der Waals surface area (Å²) in [5.41, 5.74) is 3.00. The number of carbonyl (C=O) groups is 2. The molecule has 1 N–H and O–H groups in total. The molecule has 2 aliphatic carbocycles. The average molecular weight is 461 g/mol. The fourth-order valence-electron chi connectivity index (χ4n) is 4.19. The van der Waals surface area contributed by atoms with E-state index in [9.17, 15) is 9.59 Å². The van der Waals surface area contributed by atoms with Crippen molar-refractivity contribution in [1.82, 2.24) is 10.3 Å². The lowest BCUT2D eigenvalue weighted by molar-refractivity contribution is -0.107. The van der Waals surface area contributed by atoms with Crippen molar-refractivity contribution in [3.8, 4) is 0 Å². The maximum Gasteiger partial charge on any atom is 0.252 e. The predicted octanol–water partition coefficient (Wildman–Crippen LogP) is 4.79. The Kier molecular flexibility index (Phi) is 6.96. The molecule has 2 aromatic heterocycles. The van der Waals surface area contributed by atoms with Crippen LogP contribution in [0.3, 0.4) is 0 Å². The van der Waals surface area contributed by atoms with Crippen molar-refractivity contribution < 1.29 is 9.59 Å². The third-order valence-corrected chi connectivity index (χ3v) is 7.72. The van der Waals surface area contributed by atoms with Crippen molar-refractivity contribution in [2.45, 2.75) is 51.4 Å². The lowest BCUT2D eigenvalue weighted by atomic mass is 9.82. The minimum absolute atomic E-state index is 0.00842. The first-order chi connectivity index (χ1) is 14.5. The molecule has 0 aromatic carbocycles. The van der Waals surface area contributed by atoms with Gasteiger partial charge in [-0.15, -0.1) is 11.3 Å². The molecular weight excluding hydrogens is 436 g/mol. The molecule has 0 unspecified atom stereocenters. The maximum absolute atomic E-state index is 12.9. The van der Waals surface area contributed by atoms with E-state index in [1.54, 1.807) is 17.5 Å². The lowest BCUT2D eigenvalue weighted by Gasteiger charge is -2.23. The van der Waals surface area contributed by atoms with E-state index in [0.717, 1.165) is 71.4 Å². The molecule has 1 saturated carbocycles. The summed E-state index contributed by atoms with van der Waals surface area (Å²) in [6, 6.07) is 3.81.